The molecule has 88 valence electrons. The van der Waals surface area contributed by atoms with E-state index in [9.17, 15) is 22.0 Å². The molecule has 0 spiro atoms. The average molecular weight is 240 g/mol. The Morgan fingerprint density at radius 3 is 2.25 bits per heavy atom. The number of hydrogen-bond donors (Lipinski definition) is 1. The van der Waals surface area contributed by atoms with Gasteiger partial charge in [-0.05, 0) is 12.1 Å². The van der Waals surface area contributed by atoms with Crippen LogP contribution in [-0.2, 0) is 0 Å². The fraction of sp³-hybridized carbons (Fsp3) is 0.125. The molecule has 0 aromatic heterocycles. The van der Waals surface area contributed by atoms with Crippen molar-refractivity contribution in [2.45, 2.75) is 6.36 Å². The first kappa shape index (κ1) is 12.2. The fourth-order valence-electron chi connectivity index (χ4n) is 0.963. The van der Waals surface area contributed by atoms with Crippen LogP contribution in [0.5, 0.6) is 5.75 Å². The van der Waals surface area contributed by atoms with E-state index in [-0.39, 0.29) is 0 Å². The minimum atomic E-state index is -5.13. The maximum Gasteiger partial charge on any atom is 0.573 e. The van der Waals surface area contributed by atoms with Crippen molar-refractivity contribution in [1.29, 1.82) is 0 Å². The molecule has 0 aliphatic heterocycles. The van der Waals surface area contributed by atoms with Gasteiger partial charge in [0.2, 0.25) is 0 Å². The number of rotatable bonds is 2. The lowest BCUT2D eigenvalue weighted by molar-refractivity contribution is -0.275. The van der Waals surface area contributed by atoms with E-state index in [1.807, 2.05) is 0 Å². The van der Waals surface area contributed by atoms with Crippen LogP contribution in [0, 0.1) is 11.6 Å². The summed E-state index contributed by atoms with van der Waals surface area (Å²) >= 11 is 0. The predicted octanol–water partition coefficient (Wildman–Crippen LogP) is 2.16. The summed E-state index contributed by atoms with van der Waals surface area (Å²) in [6.07, 6.45) is -4.61. The quantitative estimate of drug-likeness (QED) is 0.372. The molecule has 2 N–H and O–H groups in total. The third-order valence-corrected chi connectivity index (χ3v) is 1.52. The molecular weight excluding hydrogens is 235 g/mol. The minimum Gasteiger partial charge on any atom is -0.402 e. The highest BCUT2D eigenvalue weighted by Gasteiger charge is 2.34. The van der Waals surface area contributed by atoms with Gasteiger partial charge in [0, 0.05) is 0 Å². The van der Waals surface area contributed by atoms with Crippen molar-refractivity contribution in [1.82, 2.24) is 0 Å². The van der Waals surface area contributed by atoms with Gasteiger partial charge in [0.05, 0.1) is 11.8 Å². The number of ether oxygens (including phenoxy) is 1. The van der Waals surface area contributed by atoms with Crippen molar-refractivity contribution in [3.8, 4) is 5.75 Å². The van der Waals surface area contributed by atoms with Crippen molar-refractivity contribution < 1.29 is 26.7 Å². The van der Waals surface area contributed by atoms with Gasteiger partial charge in [-0.3, -0.25) is 0 Å². The molecule has 0 aliphatic rings. The highest BCUT2D eigenvalue weighted by atomic mass is 19.4. The van der Waals surface area contributed by atoms with Crippen molar-refractivity contribution in [2.24, 2.45) is 10.9 Å². The molecule has 0 heterocycles. The SMILES string of the molecule is NN=Cc1c(F)ccc(F)c1OC(F)(F)F. The van der Waals surface area contributed by atoms with E-state index >= 15 is 0 Å². The molecule has 0 aliphatic carbocycles. The summed E-state index contributed by atoms with van der Waals surface area (Å²) in [5, 5.41) is 2.82. The second kappa shape index (κ2) is 4.33. The molecular formula is C8H5F5N2O. The molecule has 0 saturated heterocycles. The number of hydrazone groups is 1. The highest BCUT2D eigenvalue weighted by Crippen LogP contribution is 2.29. The molecule has 8 heteroatoms. The van der Waals surface area contributed by atoms with Gasteiger partial charge < -0.3 is 10.6 Å². The lowest BCUT2D eigenvalue weighted by Gasteiger charge is -2.12. The number of halogens is 5. The maximum atomic E-state index is 13.0. The lowest BCUT2D eigenvalue weighted by Crippen LogP contribution is -2.19. The van der Waals surface area contributed by atoms with E-state index in [1.165, 1.54) is 0 Å². The van der Waals surface area contributed by atoms with Crippen LogP contribution in [0.1, 0.15) is 5.56 Å². The smallest absolute Gasteiger partial charge is 0.402 e. The monoisotopic (exact) mass is 240 g/mol. The first-order chi connectivity index (χ1) is 7.35. The van der Waals surface area contributed by atoms with Gasteiger partial charge in [-0.15, -0.1) is 13.2 Å². The van der Waals surface area contributed by atoms with Gasteiger partial charge in [0.1, 0.15) is 5.82 Å². The number of nitrogens with two attached hydrogens (primary N) is 1. The third kappa shape index (κ3) is 2.81. The summed E-state index contributed by atoms with van der Waals surface area (Å²) < 4.78 is 65.0. The molecule has 0 saturated carbocycles. The first-order valence-electron chi connectivity index (χ1n) is 3.82. The first-order valence-corrected chi connectivity index (χ1v) is 3.82. The van der Waals surface area contributed by atoms with Gasteiger partial charge in [0.15, 0.2) is 11.6 Å². The Balaban J connectivity index is 3.28. The van der Waals surface area contributed by atoms with Crippen molar-refractivity contribution in [3.63, 3.8) is 0 Å². The van der Waals surface area contributed by atoms with E-state index in [4.69, 9.17) is 0 Å². The third-order valence-electron chi connectivity index (χ3n) is 1.52. The number of hydrogen-bond acceptors (Lipinski definition) is 3. The van der Waals surface area contributed by atoms with Crippen LogP contribution < -0.4 is 10.6 Å². The van der Waals surface area contributed by atoms with Gasteiger partial charge >= 0.3 is 6.36 Å². The van der Waals surface area contributed by atoms with Crippen LogP contribution >= 0.6 is 0 Å². The molecule has 0 amide bonds. The van der Waals surface area contributed by atoms with Crippen LogP contribution in [-0.4, -0.2) is 12.6 Å². The van der Waals surface area contributed by atoms with Crippen LogP contribution in [0.15, 0.2) is 17.2 Å². The molecule has 0 atom stereocenters. The fourth-order valence-corrected chi connectivity index (χ4v) is 0.963. The molecule has 1 aromatic rings. The van der Waals surface area contributed by atoms with Crippen LogP contribution in [0.25, 0.3) is 0 Å². The van der Waals surface area contributed by atoms with Gasteiger partial charge in [-0.25, -0.2) is 8.78 Å². The van der Waals surface area contributed by atoms with Crippen LogP contribution in [0.2, 0.25) is 0 Å². The summed E-state index contributed by atoms with van der Waals surface area (Å²) in [7, 11) is 0. The summed E-state index contributed by atoms with van der Waals surface area (Å²) in [6.45, 7) is 0. The zero-order valence-electron chi connectivity index (χ0n) is 7.55. The Hall–Kier alpha value is -1.86. The molecule has 0 unspecified atom stereocenters. The van der Waals surface area contributed by atoms with E-state index in [1.54, 1.807) is 0 Å². The number of alkyl halides is 3. The molecule has 0 fully saturated rings. The minimum absolute atomic E-state index is 0.504. The Morgan fingerprint density at radius 2 is 1.75 bits per heavy atom. The zero-order chi connectivity index (χ0) is 12.3. The summed E-state index contributed by atoms with van der Waals surface area (Å²) in [6, 6.07) is 1.14. The van der Waals surface area contributed by atoms with Crippen LogP contribution in [0.4, 0.5) is 22.0 Å². The Kier molecular flexibility index (Phi) is 3.31. The topological polar surface area (TPSA) is 47.6 Å². The predicted molar refractivity (Wildman–Crippen MR) is 44.8 cm³/mol. The zero-order valence-corrected chi connectivity index (χ0v) is 7.55. The molecule has 1 rings (SSSR count). The molecule has 0 radical (unpaired) electrons. The van der Waals surface area contributed by atoms with Crippen molar-refractivity contribution >= 4 is 6.21 Å². The lowest BCUT2D eigenvalue weighted by atomic mass is 10.2. The van der Waals surface area contributed by atoms with Gasteiger partial charge in [-0.2, -0.15) is 5.10 Å². The van der Waals surface area contributed by atoms with Gasteiger partial charge in [-0.1, -0.05) is 0 Å². The molecule has 0 bridgehead atoms. The largest absolute Gasteiger partial charge is 0.573 e. The molecule has 1 aromatic carbocycles. The van der Waals surface area contributed by atoms with E-state index in [0.717, 1.165) is 0 Å². The van der Waals surface area contributed by atoms with E-state index < -0.39 is 29.3 Å². The number of nitrogens with zero attached hydrogens (tertiary/aromatic N) is 1. The summed E-state index contributed by atoms with van der Waals surface area (Å²) in [4.78, 5) is 0. The van der Waals surface area contributed by atoms with Crippen molar-refractivity contribution in [2.75, 3.05) is 0 Å². The summed E-state index contributed by atoms with van der Waals surface area (Å²) in [5.41, 5.74) is -0.806. The average Bonchev–Trinajstić information content (AvgIpc) is 2.15. The number of benzene rings is 1. The standard InChI is InChI=1S/C8H5F5N2O/c9-5-1-2-6(10)7(4(5)3-15-14)16-8(11,12)13/h1-3H,14H2. The summed E-state index contributed by atoms with van der Waals surface area (Å²) in [5.74, 6) is 0.855. The second-order valence-corrected chi connectivity index (χ2v) is 2.60. The normalized spacial score (nSPS) is 12.1. The van der Waals surface area contributed by atoms with E-state index in [0.29, 0.717) is 18.3 Å². The van der Waals surface area contributed by atoms with Crippen LogP contribution in [0.3, 0.4) is 0 Å². The molecule has 16 heavy (non-hydrogen) atoms. The second-order valence-electron chi connectivity index (χ2n) is 2.60. The molecule has 3 nitrogen and oxygen atoms in total. The Labute approximate surface area is 86.3 Å². The van der Waals surface area contributed by atoms with Crippen molar-refractivity contribution in [3.05, 3.63) is 29.3 Å². The highest BCUT2D eigenvalue weighted by molar-refractivity contribution is 5.83. The Bertz CT molecular complexity index is 416. The van der Waals surface area contributed by atoms with E-state index in [2.05, 4.69) is 15.7 Å². The van der Waals surface area contributed by atoms with Gasteiger partial charge in [0.25, 0.3) is 0 Å². The maximum absolute atomic E-state index is 13.0. The Morgan fingerprint density at radius 1 is 1.19 bits per heavy atom.